The topological polar surface area (TPSA) is 88.9 Å². The maximum atomic E-state index is 12.4. The van der Waals surface area contributed by atoms with Gasteiger partial charge in [0.15, 0.2) is 5.65 Å². The van der Waals surface area contributed by atoms with Crippen molar-refractivity contribution in [1.82, 2.24) is 25.4 Å². The summed E-state index contributed by atoms with van der Waals surface area (Å²) in [5, 5.41) is 10.4. The molecule has 2 amide bonds. The summed E-state index contributed by atoms with van der Waals surface area (Å²) in [6.45, 7) is 8.39. The van der Waals surface area contributed by atoms with Crippen LogP contribution in [0.4, 0.5) is 0 Å². The van der Waals surface area contributed by atoms with Gasteiger partial charge in [0.2, 0.25) is 5.91 Å². The zero-order valence-corrected chi connectivity index (χ0v) is 14.0. The van der Waals surface area contributed by atoms with E-state index in [0.717, 1.165) is 12.1 Å². The number of rotatable bonds is 6. The highest BCUT2D eigenvalue weighted by molar-refractivity contribution is 6.06. The maximum absolute atomic E-state index is 12.4. The van der Waals surface area contributed by atoms with Crippen LogP contribution in [0.15, 0.2) is 12.3 Å². The van der Waals surface area contributed by atoms with Gasteiger partial charge in [-0.3, -0.25) is 9.59 Å². The Hall–Kier alpha value is -2.44. The molecule has 0 unspecified atom stereocenters. The van der Waals surface area contributed by atoms with E-state index in [9.17, 15) is 9.59 Å². The van der Waals surface area contributed by atoms with Gasteiger partial charge in [-0.15, -0.1) is 0 Å². The fraction of sp³-hybridized carbons (Fsp3) is 0.500. The van der Waals surface area contributed by atoms with Crippen molar-refractivity contribution in [3.05, 3.63) is 23.5 Å². The zero-order chi connectivity index (χ0) is 17.0. The van der Waals surface area contributed by atoms with Crippen LogP contribution in [0.2, 0.25) is 0 Å². The Kier molecular flexibility index (Phi) is 5.31. The van der Waals surface area contributed by atoms with Crippen LogP contribution in [0.3, 0.4) is 0 Å². The molecular weight excluding hydrogens is 294 g/mol. The third-order valence-electron chi connectivity index (χ3n) is 3.41. The lowest BCUT2D eigenvalue weighted by molar-refractivity contribution is -0.120. The highest BCUT2D eigenvalue weighted by Gasteiger charge is 2.17. The lowest BCUT2D eigenvalue weighted by Crippen LogP contribution is -2.37. The van der Waals surface area contributed by atoms with Crippen molar-refractivity contribution >= 4 is 22.8 Å². The van der Waals surface area contributed by atoms with E-state index < -0.39 is 0 Å². The Labute approximate surface area is 135 Å². The van der Waals surface area contributed by atoms with Crippen molar-refractivity contribution in [3.8, 4) is 0 Å². The minimum absolute atomic E-state index is 0.0417. The molecule has 2 aromatic heterocycles. The van der Waals surface area contributed by atoms with Crippen LogP contribution in [0.5, 0.6) is 0 Å². The highest BCUT2D eigenvalue weighted by atomic mass is 16.2. The molecule has 2 aromatic rings. The quantitative estimate of drug-likeness (QED) is 0.846. The maximum Gasteiger partial charge on any atom is 0.252 e. The zero-order valence-electron chi connectivity index (χ0n) is 14.0. The molecule has 0 radical (unpaired) electrons. The van der Waals surface area contributed by atoms with Crippen molar-refractivity contribution in [2.45, 2.75) is 40.2 Å². The molecule has 7 heteroatoms. The smallest absolute Gasteiger partial charge is 0.252 e. The monoisotopic (exact) mass is 317 g/mol. The molecule has 124 valence electrons. The summed E-state index contributed by atoms with van der Waals surface area (Å²) >= 11 is 0. The molecule has 0 bridgehead atoms. The van der Waals surface area contributed by atoms with Crippen LogP contribution in [-0.4, -0.2) is 39.7 Å². The Bertz CT molecular complexity index is 721. The van der Waals surface area contributed by atoms with Gasteiger partial charge < -0.3 is 10.6 Å². The van der Waals surface area contributed by atoms with Gasteiger partial charge in [0.05, 0.1) is 23.7 Å². The lowest BCUT2D eigenvalue weighted by atomic mass is 10.1. The number of pyridine rings is 1. The first kappa shape index (κ1) is 16.9. The summed E-state index contributed by atoms with van der Waals surface area (Å²) in [6, 6.07) is 1.87. The fourth-order valence-corrected chi connectivity index (χ4v) is 2.29. The van der Waals surface area contributed by atoms with Gasteiger partial charge in [0, 0.05) is 18.3 Å². The van der Waals surface area contributed by atoms with Crippen LogP contribution in [0.1, 0.15) is 49.3 Å². The van der Waals surface area contributed by atoms with Crippen LogP contribution in [0.25, 0.3) is 11.0 Å². The second kappa shape index (κ2) is 7.21. The van der Waals surface area contributed by atoms with Crippen LogP contribution >= 0.6 is 0 Å². The third kappa shape index (κ3) is 3.85. The summed E-state index contributed by atoms with van der Waals surface area (Å²) in [4.78, 5) is 28.5. The van der Waals surface area contributed by atoms with E-state index in [1.807, 2.05) is 27.7 Å². The first-order valence-corrected chi connectivity index (χ1v) is 7.83. The minimum Gasteiger partial charge on any atom is -0.355 e. The van der Waals surface area contributed by atoms with Crippen molar-refractivity contribution in [2.24, 2.45) is 0 Å². The molecule has 2 rings (SSSR count). The Morgan fingerprint density at radius 3 is 2.70 bits per heavy atom. The first-order valence-electron chi connectivity index (χ1n) is 7.83. The van der Waals surface area contributed by atoms with Crippen LogP contribution in [-0.2, 0) is 4.79 Å². The van der Waals surface area contributed by atoms with Gasteiger partial charge in [-0.05, 0) is 33.3 Å². The molecule has 0 aliphatic carbocycles. The second-order valence-corrected chi connectivity index (χ2v) is 5.76. The second-order valence-electron chi connectivity index (χ2n) is 5.76. The number of nitrogens with one attached hydrogen (secondary N) is 2. The van der Waals surface area contributed by atoms with Crippen molar-refractivity contribution in [2.75, 3.05) is 13.1 Å². The molecule has 2 heterocycles. The predicted molar refractivity (Wildman–Crippen MR) is 88.3 cm³/mol. The number of amides is 2. The molecule has 0 aliphatic rings. The molecule has 0 spiro atoms. The molecule has 2 N–H and O–H groups in total. The average molecular weight is 317 g/mol. The number of aromatic nitrogens is 3. The van der Waals surface area contributed by atoms with E-state index in [2.05, 4.69) is 20.7 Å². The number of fused-ring (bicyclic) bond motifs is 1. The number of nitrogens with zero attached hydrogens (tertiary/aromatic N) is 3. The van der Waals surface area contributed by atoms with E-state index >= 15 is 0 Å². The predicted octanol–water partition coefficient (Wildman–Crippen LogP) is 1.58. The molecule has 0 aromatic carbocycles. The number of aryl methyl sites for hydroxylation is 1. The Morgan fingerprint density at radius 2 is 2.04 bits per heavy atom. The first-order chi connectivity index (χ1) is 10.9. The number of carbonyl (C=O) groups is 2. The minimum atomic E-state index is -0.296. The molecule has 0 saturated heterocycles. The Morgan fingerprint density at radius 1 is 1.30 bits per heavy atom. The molecule has 0 atom stereocenters. The van der Waals surface area contributed by atoms with E-state index in [4.69, 9.17) is 0 Å². The lowest BCUT2D eigenvalue weighted by Gasteiger charge is -2.09. The summed E-state index contributed by atoms with van der Waals surface area (Å²) in [7, 11) is 0. The van der Waals surface area contributed by atoms with E-state index in [-0.39, 0.29) is 24.4 Å². The number of hydrogen-bond donors (Lipinski definition) is 2. The van der Waals surface area contributed by atoms with Crippen molar-refractivity contribution in [1.29, 1.82) is 0 Å². The van der Waals surface area contributed by atoms with Gasteiger partial charge in [0.1, 0.15) is 0 Å². The van der Waals surface area contributed by atoms with Gasteiger partial charge >= 0.3 is 0 Å². The van der Waals surface area contributed by atoms with Crippen molar-refractivity contribution in [3.63, 3.8) is 0 Å². The molecule has 7 nitrogen and oxygen atoms in total. The van der Waals surface area contributed by atoms with Gasteiger partial charge in [-0.25, -0.2) is 9.67 Å². The summed E-state index contributed by atoms with van der Waals surface area (Å²) in [5.74, 6) is -0.490. The van der Waals surface area contributed by atoms with Gasteiger partial charge in [-0.2, -0.15) is 5.10 Å². The average Bonchev–Trinajstić information content (AvgIpc) is 2.93. The van der Waals surface area contributed by atoms with Crippen LogP contribution < -0.4 is 10.6 Å². The SMILES string of the molecule is CCCNC(=O)CNC(=O)c1cc(C)nc2c1cnn2C(C)C. The Balaban J connectivity index is 2.22. The molecule has 23 heavy (non-hydrogen) atoms. The van der Waals surface area contributed by atoms with Gasteiger partial charge in [-0.1, -0.05) is 6.92 Å². The van der Waals surface area contributed by atoms with E-state index in [1.165, 1.54) is 0 Å². The number of carbonyl (C=O) groups excluding carboxylic acids is 2. The van der Waals surface area contributed by atoms with Crippen LogP contribution in [0, 0.1) is 6.92 Å². The molecular formula is C16H23N5O2. The summed E-state index contributed by atoms with van der Waals surface area (Å²) in [5.41, 5.74) is 1.91. The standard InChI is InChI=1S/C16H23N5O2/c1-5-6-17-14(22)9-18-16(23)12-7-11(4)20-15-13(12)8-19-21(15)10(2)3/h7-8,10H,5-6,9H2,1-4H3,(H,17,22)(H,18,23). The molecule has 0 aliphatic heterocycles. The van der Waals surface area contributed by atoms with E-state index in [0.29, 0.717) is 23.1 Å². The molecule has 0 fully saturated rings. The number of hydrogen-bond acceptors (Lipinski definition) is 4. The van der Waals surface area contributed by atoms with Gasteiger partial charge in [0.25, 0.3) is 5.91 Å². The summed E-state index contributed by atoms with van der Waals surface area (Å²) in [6.07, 6.45) is 2.51. The fourth-order valence-electron chi connectivity index (χ4n) is 2.29. The largest absolute Gasteiger partial charge is 0.355 e. The highest BCUT2D eigenvalue weighted by Crippen LogP contribution is 2.20. The third-order valence-corrected chi connectivity index (χ3v) is 3.41. The van der Waals surface area contributed by atoms with E-state index in [1.54, 1.807) is 16.9 Å². The molecule has 0 saturated carbocycles. The normalized spacial score (nSPS) is 11.0. The summed E-state index contributed by atoms with van der Waals surface area (Å²) < 4.78 is 1.78. The van der Waals surface area contributed by atoms with Crippen molar-refractivity contribution < 1.29 is 9.59 Å².